The van der Waals surface area contributed by atoms with Crippen LogP contribution in [0, 0.1) is 6.92 Å². The van der Waals surface area contributed by atoms with Gasteiger partial charge in [0.25, 0.3) is 0 Å². The molecule has 0 bridgehead atoms. The van der Waals surface area contributed by atoms with Crippen molar-refractivity contribution in [1.29, 1.82) is 0 Å². The van der Waals surface area contributed by atoms with Gasteiger partial charge in [-0.25, -0.2) is 4.98 Å². The molecule has 0 aliphatic rings. The average Bonchev–Trinajstić information content (AvgIpc) is 3.59. The number of aryl methyl sites for hydroxylation is 1. The van der Waals surface area contributed by atoms with Crippen LogP contribution in [0.3, 0.4) is 0 Å². The summed E-state index contributed by atoms with van der Waals surface area (Å²) in [4.78, 5) is 4.95. The van der Waals surface area contributed by atoms with Crippen LogP contribution in [0.1, 0.15) is 16.9 Å². The fourth-order valence-electron chi connectivity index (χ4n) is 4.25. The van der Waals surface area contributed by atoms with E-state index < -0.39 is 0 Å². The molecule has 0 radical (unpaired) electrons. The van der Waals surface area contributed by atoms with Crippen LogP contribution < -0.4 is 0 Å². The Kier molecular flexibility index (Phi) is 6.10. The fourth-order valence-corrected chi connectivity index (χ4v) is 5.14. The van der Waals surface area contributed by atoms with Crippen molar-refractivity contribution in [2.24, 2.45) is 0 Å². The van der Waals surface area contributed by atoms with E-state index in [2.05, 4.69) is 65.1 Å². The van der Waals surface area contributed by atoms with E-state index in [1.54, 1.807) is 18.0 Å². The topological polar surface area (TPSA) is 56.7 Å². The van der Waals surface area contributed by atoms with Gasteiger partial charge in [-0.3, -0.25) is 4.57 Å². The zero-order chi connectivity index (χ0) is 24.3. The van der Waals surface area contributed by atoms with Crippen molar-refractivity contribution in [3.8, 4) is 22.6 Å². The number of hydrogen-bond donors (Lipinski definition) is 0. The standard InChI is InChI=1S/C30H24N4OS/c1-21-13-15-22(16-14-21)20-36-30-33-32-29(34(30)19-24-10-7-17-35-24)26-18-28(23-8-3-2-4-9-23)31-27-12-6-5-11-25(26)27/h2-18H,19-20H2,1H3. The number of fused-ring (bicyclic) bond motifs is 1. The smallest absolute Gasteiger partial charge is 0.192 e. The number of rotatable bonds is 7. The second-order valence-electron chi connectivity index (χ2n) is 8.68. The van der Waals surface area contributed by atoms with Gasteiger partial charge in [0.2, 0.25) is 0 Å². The number of hydrogen-bond acceptors (Lipinski definition) is 5. The molecule has 0 fully saturated rings. The van der Waals surface area contributed by atoms with Crippen molar-refractivity contribution >= 4 is 22.7 Å². The number of nitrogens with zero attached hydrogens (tertiary/aromatic N) is 4. The Bertz CT molecular complexity index is 1610. The molecule has 3 heterocycles. The molecular formula is C30H24N4OS. The van der Waals surface area contributed by atoms with Gasteiger partial charge in [0.1, 0.15) is 5.76 Å². The molecule has 176 valence electrons. The highest BCUT2D eigenvalue weighted by molar-refractivity contribution is 7.98. The van der Waals surface area contributed by atoms with E-state index in [0.29, 0.717) is 6.54 Å². The van der Waals surface area contributed by atoms with E-state index >= 15 is 0 Å². The first-order valence-corrected chi connectivity index (χ1v) is 12.8. The van der Waals surface area contributed by atoms with Gasteiger partial charge in [-0.2, -0.15) is 0 Å². The lowest BCUT2D eigenvalue weighted by atomic mass is 10.0. The second kappa shape index (κ2) is 9.84. The highest BCUT2D eigenvalue weighted by atomic mass is 32.2. The van der Waals surface area contributed by atoms with Crippen LogP contribution >= 0.6 is 11.8 Å². The molecule has 36 heavy (non-hydrogen) atoms. The molecule has 6 heteroatoms. The van der Waals surface area contributed by atoms with Crippen molar-refractivity contribution in [3.05, 3.63) is 120 Å². The molecular weight excluding hydrogens is 464 g/mol. The van der Waals surface area contributed by atoms with Crippen molar-refractivity contribution in [1.82, 2.24) is 19.7 Å². The van der Waals surface area contributed by atoms with Crippen LogP contribution in [0.15, 0.2) is 113 Å². The Hall–Kier alpha value is -4.16. The zero-order valence-corrected chi connectivity index (χ0v) is 20.7. The summed E-state index contributed by atoms with van der Waals surface area (Å²) in [5.41, 5.74) is 6.41. The fraction of sp³-hybridized carbons (Fsp3) is 0.100. The Labute approximate surface area is 213 Å². The molecule has 3 aromatic heterocycles. The minimum Gasteiger partial charge on any atom is -0.467 e. The highest BCUT2D eigenvalue weighted by Gasteiger charge is 2.19. The SMILES string of the molecule is Cc1ccc(CSc2nnc(-c3cc(-c4ccccc4)nc4ccccc34)n2Cc2ccco2)cc1. The van der Waals surface area contributed by atoms with E-state index in [1.807, 2.05) is 48.5 Å². The minimum atomic E-state index is 0.545. The largest absolute Gasteiger partial charge is 0.467 e. The van der Waals surface area contributed by atoms with Gasteiger partial charge in [-0.05, 0) is 36.8 Å². The summed E-state index contributed by atoms with van der Waals surface area (Å²) in [5, 5.41) is 11.2. The molecule has 0 aliphatic heterocycles. The highest BCUT2D eigenvalue weighted by Crippen LogP contribution is 2.34. The van der Waals surface area contributed by atoms with Crippen LogP contribution in [0.4, 0.5) is 0 Å². The Morgan fingerprint density at radius 1 is 0.833 bits per heavy atom. The van der Waals surface area contributed by atoms with Gasteiger partial charge < -0.3 is 4.42 Å². The van der Waals surface area contributed by atoms with E-state index in [9.17, 15) is 0 Å². The van der Waals surface area contributed by atoms with Crippen LogP contribution in [-0.2, 0) is 12.3 Å². The molecule has 6 aromatic rings. The van der Waals surface area contributed by atoms with Crippen LogP contribution in [0.5, 0.6) is 0 Å². The number of thioether (sulfide) groups is 1. The normalized spacial score (nSPS) is 11.2. The summed E-state index contributed by atoms with van der Waals surface area (Å²) in [5.74, 6) is 2.46. The molecule has 6 rings (SSSR count). The molecule has 0 atom stereocenters. The van der Waals surface area contributed by atoms with Gasteiger partial charge >= 0.3 is 0 Å². The Balaban J connectivity index is 1.46. The molecule has 0 spiro atoms. The number of aromatic nitrogens is 4. The first kappa shape index (κ1) is 22.3. The zero-order valence-electron chi connectivity index (χ0n) is 19.8. The van der Waals surface area contributed by atoms with Gasteiger partial charge in [0.15, 0.2) is 11.0 Å². The summed E-state index contributed by atoms with van der Waals surface area (Å²) >= 11 is 1.68. The van der Waals surface area contributed by atoms with Gasteiger partial charge in [0.05, 0.1) is 24.0 Å². The third kappa shape index (κ3) is 4.55. The summed E-state index contributed by atoms with van der Waals surface area (Å²) in [6.45, 7) is 2.65. The van der Waals surface area contributed by atoms with E-state index in [0.717, 1.165) is 50.2 Å². The molecule has 0 aliphatic carbocycles. The van der Waals surface area contributed by atoms with Crippen LogP contribution in [0.25, 0.3) is 33.5 Å². The minimum absolute atomic E-state index is 0.545. The van der Waals surface area contributed by atoms with Gasteiger partial charge in [-0.15, -0.1) is 10.2 Å². The quantitative estimate of drug-likeness (QED) is 0.219. The number of furan rings is 1. The third-order valence-electron chi connectivity index (χ3n) is 6.13. The maximum absolute atomic E-state index is 5.71. The van der Waals surface area contributed by atoms with Crippen molar-refractivity contribution in [3.63, 3.8) is 0 Å². The molecule has 0 N–H and O–H groups in total. The lowest BCUT2D eigenvalue weighted by molar-refractivity contribution is 0.485. The van der Waals surface area contributed by atoms with Crippen LogP contribution in [-0.4, -0.2) is 19.7 Å². The van der Waals surface area contributed by atoms with Gasteiger partial charge in [0, 0.05) is 22.3 Å². The molecule has 3 aromatic carbocycles. The monoisotopic (exact) mass is 488 g/mol. The average molecular weight is 489 g/mol. The maximum Gasteiger partial charge on any atom is 0.192 e. The molecule has 0 unspecified atom stereocenters. The summed E-state index contributed by atoms with van der Waals surface area (Å²) < 4.78 is 7.86. The first-order chi connectivity index (χ1) is 17.7. The van der Waals surface area contributed by atoms with E-state index in [4.69, 9.17) is 14.5 Å². The van der Waals surface area contributed by atoms with Crippen molar-refractivity contribution in [2.75, 3.05) is 0 Å². The lowest BCUT2D eigenvalue weighted by Gasteiger charge is -2.12. The predicted octanol–water partition coefficient (Wildman–Crippen LogP) is 7.40. The third-order valence-corrected chi connectivity index (χ3v) is 7.16. The summed E-state index contributed by atoms with van der Waals surface area (Å²) in [6.07, 6.45) is 1.70. The lowest BCUT2D eigenvalue weighted by Crippen LogP contribution is -2.04. The maximum atomic E-state index is 5.71. The second-order valence-corrected chi connectivity index (χ2v) is 9.63. The summed E-state index contributed by atoms with van der Waals surface area (Å²) in [6, 6.07) is 33.1. The van der Waals surface area contributed by atoms with Crippen molar-refractivity contribution in [2.45, 2.75) is 24.4 Å². The number of benzene rings is 3. The van der Waals surface area contributed by atoms with Crippen molar-refractivity contribution < 1.29 is 4.42 Å². The van der Waals surface area contributed by atoms with E-state index in [1.165, 1.54) is 11.1 Å². The molecule has 5 nitrogen and oxygen atoms in total. The first-order valence-electron chi connectivity index (χ1n) is 11.8. The van der Waals surface area contributed by atoms with Crippen LogP contribution in [0.2, 0.25) is 0 Å². The molecule has 0 saturated heterocycles. The molecule has 0 saturated carbocycles. The number of para-hydroxylation sites is 1. The number of pyridine rings is 1. The Morgan fingerprint density at radius 3 is 2.44 bits per heavy atom. The van der Waals surface area contributed by atoms with Gasteiger partial charge in [-0.1, -0.05) is 90.1 Å². The molecule has 0 amide bonds. The Morgan fingerprint density at radius 2 is 1.64 bits per heavy atom. The predicted molar refractivity (Wildman–Crippen MR) is 145 cm³/mol. The van der Waals surface area contributed by atoms with E-state index in [-0.39, 0.29) is 0 Å². The summed E-state index contributed by atoms with van der Waals surface area (Å²) in [7, 11) is 0.